The zero-order chi connectivity index (χ0) is 25.8. The molecule has 1 amide bonds. The molecule has 0 aliphatic carbocycles. The summed E-state index contributed by atoms with van der Waals surface area (Å²) in [5.41, 5.74) is -4.29. The van der Waals surface area contributed by atoms with Gasteiger partial charge in [-0.3, -0.25) is 9.00 Å². The van der Waals surface area contributed by atoms with Crippen LogP contribution in [-0.4, -0.2) is 65.0 Å². The van der Waals surface area contributed by atoms with Crippen LogP contribution in [0.3, 0.4) is 0 Å². The highest BCUT2D eigenvalue weighted by Crippen LogP contribution is 2.56. The fraction of sp³-hybridized carbons (Fsp3) is 0.450. The molecule has 0 bridgehead atoms. The maximum absolute atomic E-state index is 13.6. The van der Waals surface area contributed by atoms with Crippen LogP contribution in [0.2, 0.25) is 5.82 Å². The normalized spacial score (nSPS) is 23.1. The van der Waals surface area contributed by atoms with E-state index in [9.17, 15) is 35.3 Å². The standard InChI is InChI=1S/C20H18BF6N4O3S/c1-10-12(19(22,23)24)8-29-16(31-5-6-34-18(20(25,26)27)13(9-31)21-18)15(10)17(32)30-11-3-4-28-14(7-11)35(2)33/h3-4,7-8,13H,5-6,9H2,1-2H3,(H,28,30,32)/t13?,18-,35+/m0/s1. The number of aromatic nitrogens is 2. The molecule has 3 atom stereocenters. The third kappa shape index (κ3) is 4.75. The van der Waals surface area contributed by atoms with Crippen molar-refractivity contribution in [2.75, 3.05) is 36.2 Å². The summed E-state index contributed by atoms with van der Waals surface area (Å²) in [6.45, 7) is 0.366. The monoisotopic (exact) mass is 519 g/mol. The van der Waals surface area contributed by atoms with Gasteiger partial charge in [0.1, 0.15) is 16.3 Å². The van der Waals surface area contributed by atoms with Crippen LogP contribution in [0.1, 0.15) is 21.5 Å². The molecular formula is C20H18BF6N4O3S. The largest absolute Gasteiger partial charge is 0.418 e. The molecule has 1 N–H and O–H groups in total. The van der Waals surface area contributed by atoms with Gasteiger partial charge in [0.25, 0.3) is 5.91 Å². The molecule has 0 aromatic carbocycles. The van der Waals surface area contributed by atoms with Crippen molar-refractivity contribution in [2.24, 2.45) is 0 Å². The van der Waals surface area contributed by atoms with Crippen molar-refractivity contribution in [3.05, 3.63) is 41.2 Å². The summed E-state index contributed by atoms with van der Waals surface area (Å²) in [6, 6.07) is 2.67. The summed E-state index contributed by atoms with van der Waals surface area (Å²) in [7, 11) is -0.495. The predicted octanol–water partition coefficient (Wildman–Crippen LogP) is 3.40. The van der Waals surface area contributed by atoms with Gasteiger partial charge in [-0.2, -0.15) is 26.3 Å². The van der Waals surface area contributed by atoms with Crippen LogP contribution in [-0.2, 0) is 21.7 Å². The number of carbonyl (C=O) groups excluding carboxylic acids is 1. The van der Waals surface area contributed by atoms with E-state index in [1.165, 1.54) is 29.5 Å². The molecule has 1 unspecified atom stereocenters. The smallest absolute Gasteiger partial charge is 0.373 e. The van der Waals surface area contributed by atoms with Crippen molar-refractivity contribution in [3.8, 4) is 0 Å². The average Bonchev–Trinajstić information content (AvgIpc) is 3.47. The summed E-state index contributed by atoms with van der Waals surface area (Å²) >= 11 is 0. The zero-order valence-electron chi connectivity index (χ0n) is 18.3. The summed E-state index contributed by atoms with van der Waals surface area (Å²) in [4.78, 5) is 22.3. The molecule has 187 valence electrons. The van der Waals surface area contributed by atoms with Crippen LogP contribution in [0, 0.1) is 6.92 Å². The first-order valence-electron chi connectivity index (χ1n) is 10.2. The zero-order valence-corrected chi connectivity index (χ0v) is 19.1. The SMILES string of the molecule is Cc1c(C(F)(F)F)cnc(N2CCO[C@@]3(C(F)(F)F)[B]C3C2)c1C(=O)Nc1ccnc([S@@](C)=O)c1. The maximum atomic E-state index is 13.6. The van der Waals surface area contributed by atoms with Crippen LogP contribution >= 0.6 is 0 Å². The first-order valence-corrected chi connectivity index (χ1v) is 11.8. The minimum atomic E-state index is -4.81. The number of nitrogens with one attached hydrogen (secondary N) is 1. The van der Waals surface area contributed by atoms with Gasteiger partial charge < -0.3 is 15.0 Å². The minimum Gasteiger partial charge on any atom is -0.373 e. The first-order chi connectivity index (χ1) is 16.2. The van der Waals surface area contributed by atoms with Gasteiger partial charge in [0, 0.05) is 37.4 Å². The molecule has 15 heteroatoms. The van der Waals surface area contributed by atoms with Crippen LogP contribution in [0.25, 0.3) is 0 Å². The number of carbonyl (C=O) groups is 1. The van der Waals surface area contributed by atoms with Gasteiger partial charge in [-0.25, -0.2) is 9.97 Å². The number of fused-ring (bicyclic) bond motifs is 1. The third-order valence-corrected chi connectivity index (χ3v) is 6.70. The van der Waals surface area contributed by atoms with Crippen LogP contribution in [0.15, 0.2) is 29.6 Å². The lowest BCUT2D eigenvalue weighted by molar-refractivity contribution is -0.222. The summed E-state index contributed by atoms with van der Waals surface area (Å²) in [5.74, 6) is -2.21. The summed E-state index contributed by atoms with van der Waals surface area (Å²) < 4.78 is 97.8. The van der Waals surface area contributed by atoms with Gasteiger partial charge in [0.05, 0.1) is 28.5 Å². The maximum Gasteiger partial charge on any atom is 0.418 e. The minimum absolute atomic E-state index is 0.117. The number of anilines is 2. The number of pyridine rings is 2. The van der Waals surface area contributed by atoms with Crippen molar-refractivity contribution >= 4 is 35.5 Å². The van der Waals surface area contributed by atoms with E-state index in [-0.39, 0.29) is 36.2 Å². The Bertz CT molecular complexity index is 1190. The number of amides is 1. The number of ether oxygens (including phenoxy) is 1. The Morgan fingerprint density at radius 3 is 2.63 bits per heavy atom. The molecule has 0 saturated carbocycles. The Morgan fingerprint density at radius 2 is 2.00 bits per heavy atom. The van der Waals surface area contributed by atoms with E-state index in [0.717, 1.165) is 14.2 Å². The molecule has 2 aliphatic rings. The number of halogens is 6. The Hall–Kier alpha value is -2.68. The van der Waals surface area contributed by atoms with Gasteiger partial charge in [0.15, 0.2) is 7.28 Å². The lowest BCUT2D eigenvalue weighted by Crippen LogP contribution is -2.37. The number of nitrogens with zero attached hydrogens (tertiary/aromatic N) is 3. The van der Waals surface area contributed by atoms with Gasteiger partial charge in [0.2, 0.25) is 0 Å². The molecule has 4 heterocycles. The molecule has 0 spiro atoms. The molecule has 35 heavy (non-hydrogen) atoms. The third-order valence-electron chi connectivity index (χ3n) is 5.89. The Kier molecular flexibility index (Phi) is 6.37. The summed E-state index contributed by atoms with van der Waals surface area (Å²) in [5, 5.41) is 2.59. The van der Waals surface area contributed by atoms with E-state index in [1.807, 2.05) is 0 Å². The quantitative estimate of drug-likeness (QED) is 0.493. The van der Waals surface area contributed by atoms with Crippen molar-refractivity contribution in [1.82, 2.24) is 9.97 Å². The molecule has 2 aliphatic heterocycles. The van der Waals surface area contributed by atoms with E-state index in [2.05, 4.69) is 15.3 Å². The van der Waals surface area contributed by atoms with Crippen molar-refractivity contribution in [3.63, 3.8) is 0 Å². The topological polar surface area (TPSA) is 84.4 Å². The predicted molar refractivity (Wildman–Crippen MR) is 115 cm³/mol. The highest BCUT2D eigenvalue weighted by Gasteiger charge is 2.73. The molecule has 7 nitrogen and oxygen atoms in total. The second kappa shape index (κ2) is 8.77. The van der Waals surface area contributed by atoms with Crippen LogP contribution in [0.5, 0.6) is 0 Å². The molecule has 2 aromatic heterocycles. The van der Waals surface area contributed by atoms with E-state index >= 15 is 0 Å². The van der Waals surface area contributed by atoms with Crippen LogP contribution < -0.4 is 10.2 Å². The number of alkyl halides is 6. The van der Waals surface area contributed by atoms with E-state index in [4.69, 9.17) is 4.74 Å². The fourth-order valence-electron chi connectivity index (χ4n) is 4.05. The summed E-state index contributed by atoms with van der Waals surface area (Å²) in [6.07, 6.45) is -6.26. The number of hydrogen-bond donors (Lipinski definition) is 1. The number of hydrogen-bond acceptors (Lipinski definition) is 6. The van der Waals surface area contributed by atoms with Gasteiger partial charge >= 0.3 is 12.4 Å². The molecular weight excluding hydrogens is 501 g/mol. The van der Waals surface area contributed by atoms with Crippen molar-refractivity contribution in [1.29, 1.82) is 0 Å². The molecule has 2 saturated heterocycles. The van der Waals surface area contributed by atoms with E-state index in [0.29, 0.717) is 6.20 Å². The average molecular weight is 519 g/mol. The fourth-order valence-corrected chi connectivity index (χ4v) is 4.55. The highest BCUT2D eigenvalue weighted by atomic mass is 32.2. The Balaban J connectivity index is 1.72. The lowest BCUT2D eigenvalue weighted by Gasteiger charge is -2.26. The highest BCUT2D eigenvalue weighted by molar-refractivity contribution is 7.84. The molecule has 4 rings (SSSR count). The second-order valence-corrected chi connectivity index (χ2v) is 9.47. The Labute approximate surface area is 199 Å². The van der Waals surface area contributed by atoms with E-state index in [1.54, 1.807) is 0 Å². The second-order valence-electron chi connectivity index (χ2n) is 8.14. The van der Waals surface area contributed by atoms with Crippen molar-refractivity contribution in [2.45, 2.75) is 35.6 Å². The molecule has 1 radical (unpaired) electrons. The molecule has 2 fully saturated rings. The number of rotatable bonds is 4. The van der Waals surface area contributed by atoms with Gasteiger partial charge in [-0.1, -0.05) is 0 Å². The molecule has 2 aromatic rings. The Morgan fingerprint density at radius 1 is 1.29 bits per heavy atom. The van der Waals surface area contributed by atoms with E-state index < -0.39 is 57.1 Å². The first kappa shape index (κ1) is 25.4. The lowest BCUT2D eigenvalue weighted by atomic mass is 9.96. The van der Waals surface area contributed by atoms with Crippen LogP contribution in [0.4, 0.5) is 37.8 Å². The van der Waals surface area contributed by atoms with Gasteiger partial charge in [-0.15, -0.1) is 0 Å². The van der Waals surface area contributed by atoms with Crippen molar-refractivity contribution < 1.29 is 40.1 Å². The van der Waals surface area contributed by atoms with Gasteiger partial charge in [-0.05, 0) is 30.4 Å².